The van der Waals surface area contributed by atoms with Gasteiger partial charge >= 0.3 is 0 Å². The molecule has 1 aliphatic rings. The molecule has 0 radical (unpaired) electrons. The van der Waals surface area contributed by atoms with Crippen LogP contribution >= 0.6 is 0 Å². The quantitative estimate of drug-likeness (QED) is 0.783. The summed E-state index contributed by atoms with van der Waals surface area (Å²) in [5.74, 6) is 0.917. The molecule has 0 amide bonds. The molecule has 0 aliphatic carbocycles. The highest BCUT2D eigenvalue weighted by molar-refractivity contribution is 5.28. The van der Waals surface area contributed by atoms with Gasteiger partial charge in [-0.25, -0.2) is 0 Å². The van der Waals surface area contributed by atoms with Crippen molar-refractivity contribution in [2.24, 2.45) is 5.73 Å². The van der Waals surface area contributed by atoms with Gasteiger partial charge in [-0.3, -0.25) is 0 Å². The Bertz CT molecular complexity index is 391. The highest BCUT2D eigenvalue weighted by Crippen LogP contribution is 2.12. The van der Waals surface area contributed by atoms with Gasteiger partial charge in [0.1, 0.15) is 12.4 Å². The van der Waals surface area contributed by atoms with E-state index in [4.69, 9.17) is 10.5 Å². The molecule has 2 rings (SSSR count). The van der Waals surface area contributed by atoms with Crippen LogP contribution in [0.15, 0.2) is 24.3 Å². The SMILES string of the molecule is CN(CCOc1cccc(CN)c1)CCN1CCCC1. The normalized spacial score (nSPS) is 15.9. The molecule has 0 unspecified atom stereocenters. The molecule has 2 N–H and O–H groups in total. The van der Waals surface area contributed by atoms with Gasteiger partial charge in [0.25, 0.3) is 0 Å². The maximum atomic E-state index is 5.78. The van der Waals surface area contributed by atoms with Crippen LogP contribution in [0.3, 0.4) is 0 Å². The van der Waals surface area contributed by atoms with Gasteiger partial charge in [-0.1, -0.05) is 12.1 Å². The first-order valence-corrected chi connectivity index (χ1v) is 7.60. The Kier molecular flexibility index (Phi) is 6.30. The fourth-order valence-electron chi connectivity index (χ4n) is 2.51. The van der Waals surface area contributed by atoms with Crippen molar-refractivity contribution in [3.05, 3.63) is 29.8 Å². The van der Waals surface area contributed by atoms with Crippen LogP contribution in [0.5, 0.6) is 5.75 Å². The smallest absolute Gasteiger partial charge is 0.119 e. The Labute approximate surface area is 122 Å². The van der Waals surface area contributed by atoms with E-state index in [1.165, 1.54) is 32.5 Å². The van der Waals surface area contributed by atoms with Crippen LogP contribution in [0.2, 0.25) is 0 Å². The third kappa shape index (κ3) is 5.12. The average molecular weight is 277 g/mol. The molecule has 20 heavy (non-hydrogen) atoms. The van der Waals surface area contributed by atoms with E-state index in [0.29, 0.717) is 6.54 Å². The molecule has 0 spiro atoms. The number of likely N-dealkylation sites (N-methyl/N-ethyl adjacent to an activating group) is 1. The van der Waals surface area contributed by atoms with Gasteiger partial charge in [-0.05, 0) is 50.7 Å². The summed E-state index contributed by atoms with van der Waals surface area (Å²) in [5, 5.41) is 0. The molecule has 4 heteroatoms. The fraction of sp³-hybridized carbons (Fsp3) is 0.625. The lowest BCUT2D eigenvalue weighted by atomic mass is 10.2. The minimum atomic E-state index is 0.562. The minimum Gasteiger partial charge on any atom is -0.492 e. The van der Waals surface area contributed by atoms with Crippen molar-refractivity contribution in [2.75, 3.05) is 46.4 Å². The lowest BCUT2D eigenvalue weighted by molar-refractivity contribution is 0.213. The molecular formula is C16H27N3O. The molecule has 0 atom stereocenters. The standard InChI is InChI=1S/C16H27N3O/c1-18(9-10-19-7-2-3-8-19)11-12-20-16-6-4-5-15(13-16)14-17/h4-6,13H,2-3,7-12,14,17H2,1H3. The lowest BCUT2D eigenvalue weighted by Gasteiger charge is -2.21. The van der Waals surface area contributed by atoms with E-state index in [-0.39, 0.29) is 0 Å². The van der Waals surface area contributed by atoms with Gasteiger partial charge in [0.05, 0.1) is 0 Å². The first kappa shape index (κ1) is 15.3. The summed E-state index contributed by atoms with van der Waals surface area (Å²) < 4.78 is 5.78. The number of hydrogen-bond donors (Lipinski definition) is 1. The van der Waals surface area contributed by atoms with Gasteiger partial charge < -0.3 is 20.3 Å². The van der Waals surface area contributed by atoms with Crippen molar-refractivity contribution in [3.8, 4) is 5.75 Å². The Morgan fingerprint density at radius 1 is 1.25 bits per heavy atom. The van der Waals surface area contributed by atoms with Crippen LogP contribution in [0.1, 0.15) is 18.4 Å². The zero-order valence-electron chi connectivity index (χ0n) is 12.6. The van der Waals surface area contributed by atoms with Crippen molar-refractivity contribution < 1.29 is 4.74 Å². The van der Waals surface area contributed by atoms with Gasteiger partial charge in [0.15, 0.2) is 0 Å². The predicted octanol–water partition coefficient (Wildman–Crippen LogP) is 1.55. The Morgan fingerprint density at radius 3 is 2.80 bits per heavy atom. The van der Waals surface area contributed by atoms with E-state index in [1.54, 1.807) is 0 Å². The monoisotopic (exact) mass is 277 g/mol. The van der Waals surface area contributed by atoms with Crippen LogP contribution in [0.4, 0.5) is 0 Å². The summed E-state index contributed by atoms with van der Waals surface area (Å²) in [7, 11) is 2.16. The van der Waals surface area contributed by atoms with E-state index in [2.05, 4.69) is 16.8 Å². The number of hydrogen-bond acceptors (Lipinski definition) is 4. The van der Waals surface area contributed by atoms with Crippen LogP contribution < -0.4 is 10.5 Å². The Balaban J connectivity index is 1.61. The lowest BCUT2D eigenvalue weighted by Crippen LogP contribution is -2.33. The number of likely N-dealkylation sites (tertiary alicyclic amines) is 1. The molecule has 1 aromatic carbocycles. The molecule has 1 fully saturated rings. The first-order valence-electron chi connectivity index (χ1n) is 7.60. The summed E-state index contributed by atoms with van der Waals surface area (Å²) in [6.45, 7) is 7.09. The number of ether oxygens (including phenoxy) is 1. The number of benzene rings is 1. The van der Waals surface area contributed by atoms with Crippen molar-refractivity contribution in [1.29, 1.82) is 0 Å². The van der Waals surface area contributed by atoms with Crippen molar-refractivity contribution in [1.82, 2.24) is 9.80 Å². The molecule has 112 valence electrons. The summed E-state index contributed by atoms with van der Waals surface area (Å²) in [5.41, 5.74) is 6.74. The summed E-state index contributed by atoms with van der Waals surface area (Å²) in [6.07, 6.45) is 2.73. The van der Waals surface area contributed by atoms with E-state index in [9.17, 15) is 0 Å². The zero-order valence-corrected chi connectivity index (χ0v) is 12.6. The minimum absolute atomic E-state index is 0.562. The predicted molar refractivity (Wildman–Crippen MR) is 83.0 cm³/mol. The van der Waals surface area contributed by atoms with Crippen LogP contribution in [0.25, 0.3) is 0 Å². The molecule has 0 aromatic heterocycles. The van der Waals surface area contributed by atoms with Crippen molar-refractivity contribution in [2.45, 2.75) is 19.4 Å². The van der Waals surface area contributed by atoms with Crippen LogP contribution in [0, 0.1) is 0 Å². The molecular weight excluding hydrogens is 250 g/mol. The number of rotatable bonds is 8. The van der Waals surface area contributed by atoms with Gasteiger partial charge in [-0.2, -0.15) is 0 Å². The first-order chi connectivity index (χ1) is 9.78. The van der Waals surface area contributed by atoms with Crippen molar-refractivity contribution >= 4 is 0 Å². The average Bonchev–Trinajstić information content (AvgIpc) is 2.99. The van der Waals surface area contributed by atoms with E-state index in [0.717, 1.165) is 31.0 Å². The topological polar surface area (TPSA) is 41.7 Å². The maximum absolute atomic E-state index is 5.78. The zero-order chi connectivity index (χ0) is 14.2. The van der Waals surface area contributed by atoms with Crippen LogP contribution in [-0.2, 0) is 6.54 Å². The third-order valence-electron chi connectivity index (χ3n) is 3.87. The second kappa shape index (κ2) is 8.25. The van der Waals surface area contributed by atoms with Gasteiger partial charge in [0, 0.05) is 26.2 Å². The van der Waals surface area contributed by atoms with E-state index >= 15 is 0 Å². The second-order valence-electron chi connectivity index (χ2n) is 5.55. The fourth-order valence-corrected chi connectivity index (χ4v) is 2.51. The molecule has 0 saturated carbocycles. The number of nitrogens with two attached hydrogens (primary N) is 1. The number of nitrogens with zero attached hydrogens (tertiary/aromatic N) is 2. The van der Waals surface area contributed by atoms with Gasteiger partial charge in [0.2, 0.25) is 0 Å². The second-order valence-corrected chi connectivity index (χ2v) is 5.55. The largest absolute Gasteiger partial charge is 0.492 e. The third-order valence-corrected chi connectivity index (χ3v) is 3.87. The molecule has 0 bridgehead atoms. The summed E-state index contributed by atoms with van der Waals surface area (Å²) >= 11 is 0. The van der Waals surface area contributed by atoms with E-state index in [1.807, 2.05) is 24.3 Å². The van der Waals surface area contributed by atoms with Crippen molar-refractivity contribution in [3.63, 3.8) is 0 Å². The Morgan fingerprint density at radius 2 is 2.05 bits per heavy atom. The highest BCUT2D eigenvalue weighted by Gasteiger charge is 2.11. The molecule has 4 nitrogen and oxygen atoms in total. The molecule has 1 heterocycles. The molecule has 1 saturated heterocycles. The molecule has 1 aliphatic heterocycles. The maximum Gasteiger partial charge on any atom is 0.119 e. The highest BCUT2D eigenvalue weighted by atomic mass is 16.5. The van der Waals surface area contributed by atoms with Crippen LogP contribution in [-0.4, -0.2) is 56.2 Å². The van der Waals surface area contributed by atoms with Gasteiger partial charge in [-0.15, -0.1) is 0 Å². The Hall–Kier alpha value is -1.10. The summed E-state index contributed by atoms with van der Waals surface area (Å²) in [4.78, 5) is 4.88. The molecule has 1 aromatic rings. The van der Waals surface area contributed by atoms with E-state index < -0.39 is 0 Å². The summed E-state index contributed by atoms with van der Waals surface area (Å²) in [6, 6.07) is 8.03.